The topological polar surface area (TPSA) is 47.7 Å². The third kappa shape index (κ3) is 3.53. The van der Waals surface area contributed by atoms with E-state index < -0.39 is 0 Å². The molecule has 0 spiro atoms. The van der Waals surface area contributed by atoms with Crippen LogP contribution < -0.4 is 0 Å². The van der Waals surface area contributed by atoms with Crippen molar-refractivity contribution >= 4 is 0 Å². The van der Waals surface area contributed by atoms with Crippen molar-refractivity contribution in [2.24, 2.45) is 5.41 Å². The highest BCUT2D eigenvalue weighted by atomic mass is 16.5. The molecule has 2 fully saturated rings. The summed E-state index contributed by atoms with van der Waals surface area (Å²) in [4.78, 5) is 2.48. The number of piperidine rings is 1. The van der Waals surface area contributed by atoms with Crippen LogP contribution in [0.5, 0.6) is 0 Å². The van der Waals surface area contributed by atoms with Crippen molar-refractivity contribution < 1.29 is 14.0 Å². The van der Waals surface area contributed by atoms with Crippen LogP contribution >= 0.6 is 0 Å². The Bertz CT molecular complexity index is 488. The Labute approximate surface area is 132 Å². The van der Waals surface area contributed by atoms with Crippen LogP contribution in [0, 0.1) is 12.3 Å². The highest BCUT2D eigenvalue weighted by molar-refractivity contribution is 5.05. The van der Waals surface area contributed by atoms with Gasteiger partial charge in [0.2, 0.25) is 0 Å². The first-order valence-electron chi connectivity index (χ1n) is 8.45. The molecular formula is C17H28N2O3. The number of likely N-dealkylation sites (tertiary alicyclic amines) is 1. The van der Waals surface area contributed by atoms with E-state index in [9.17, 15) is 0 Å². The van der Waals surface area contributed by atoms with E-state index >= 15 is 0 Å². The Balaban J connectivity index is 1.68. The maximum atomic E-state index is 6.08. The minimum Gasteiger partial charge on any atom is -0.378 e. The molecule has 0 amide bonds. The average molecular weight is 308 g/mol. The lowest BCUT2D eigenvalue weighted by Gasteiger charge is -2.50. The minimum atomic E-state index is 0.138. The maximum Gasteiger partial charge on any atom is 0.133 e. The third-order valence-electron chi connectivity index (χ3n) is 4.83. The molecule has 2 aliphatic heterocycles. The minimum absolute atomic E-state index is 0.138. The number of hydrogen-bond acceptors (Lipinski definition) is 5. The first-order valence-corrected chi connectivity index (χ1v) is 8.45. The van der Waals surface area contributed by atoms with Gasteiger partial charge in [0.05, 0.1) is 24.5 Å². The second kappa shape index (κ2) is 6.69. The smallest absolute Gasteiger partial charge is 0.133 e. The summed E-state index contributed by atoms with van der Waals surface area (Å²) in [5, 5.41) is 4.13. The number of fused-ring (bicyclic) bond motifs is 1. The lowest BCUT2D eigenvalue weighted by Crippen LogP contribution is -2.56. The van der Waals surface area contributed by atoms with E-state index in [4.69, 9.17) is 14.0 Å². The van der Waals surface area contributed by atoms with E-state index in [1.54, 1.807) is 0 Å². The van der Waals surface area contributed by atoms with Crippen molar-refractivity contribution in [2.75, 3.05) is 26.3 Å². The van der Waals surface area contributed by atoms with Gasteiger partial charge in [-0.2, -0.15) is 0 Å². The van der Waals surface area contributed by atoms with Crippen LogP contribution in [-0.4, -0.2) is 48.6 Å². The van der Waals surface area contributed by atoms with Crippen molar-refractivity contribution in [1.82, 2.24) is 10.1 Å². The zero-order chi connectivity index (χ0) is 15.6. The molecule has 2 aliphatic rings. The second-order valence-electron chi connectivity index (χ2n) is 7.11. The van der Waals surface area contributed by atoms with E-state index in [0.717, 1.165) is 57.1 Å². The molecule has 5 heteroatoms. The Hall–Kier alpha value is -0.910. The van der Waals surface area contributed by atoms with Crippen LogP contribution in [0.4, 0.5) is 0 Å². The van der Waals surface area contributed by atoms with Gasteiger partial charge < -0.3 is 14.0 Å². The molecule has 22 heavy (non-hydrogen) atoms. The number of ether oxygens (including phenoxy) is 2. The first kappa shape index (κ1) is 16.0. The standard InChI is InChI=1S/C17H28N2O3/c1-13(2)21-12-17-6-4-8-20-16(17)5-7-19(11-17)10-15-9-14(3)22-18-15/h9,13,16H,4-8,10-12H2,1-3H3/t16-,17-/m1/s1. The molecule has 1 aromatic rings. The fourth-order valence-corrected chi connectivity index (χ4v) is 3.78. The van der Waals surface area contributed by atoms with Gasteiger partial charge in [0, 0.05) is 37.7 Å². The normalized spacial score (nSPS) is 29.7. The summed E-state index contributed by atoms with van der Waals surface area (Å²) < 4.78 is 17.3. The van der Waals surface area contributed by atoms with Gasteiger partial charge in [-0.3, -0.25) is 4.90 Å². The van der Waals surface area contributed by atoms with Crippen molar-refractivity contribution in [3.05, 3.63) is 17.5 Å². The molecule has 1 aromatic heterocycles. The summed E-state index contributed by atoms with van der Waals surface area (Å²) in [5.41, 5.74) is 1.16. The van der Waals surface area contributed by atoms with Gasteiger partial charge in [0.15, 0.2) is 0 Å². The molecule has 5 nitrogen and oxygen atoms in total. The van der Waals surface area contributed by atoms with E-state index in [2.05, 4.69) is 23.9 Å². The summed E-state index contributed by atoms with van der Waals surface area (Å²) >= 11 is 0. The number of hydrogen-bond donors (Lipinski definition) is 0. The molecule has 0 N–H and O–H groups in total. The fraction of sp³-hybridized carbons (Fsp3) is 0.824. The molecule has 2 atom stereocenters. The highest BCUT2D eigenvalue weighted by Gasteiger charge is 2.46. The number of aryl methyl sites for hydroxylation is 1. The largest absolute Gasteiger partial charge is 0.378 e. The summed E-state index contributed by atoms with van der Waals surface area (Å²) in [7, 11) is 0. The van der Waals surface area contributed by atoms with Crippen molar-refractivity contribution in [2.45, 2.75) is 58.8 Å². The lowest BCUT2D eigenvalue weighted by molar-refractivity contribution is -0.159. The van der Waals surface area contributed by atoms with Crippen LogP contribution in [0.25, 0.3) is 0 Å². The van der Waals surface area contributed by atoms with Gasteiger partial charge in [0.25, 0.3) is 0 Å². The quantitative estimate of drug-likeness (QED) is 0.837. The summed E-state index contributed by atoms with van der Waals surface area (Å²) in [6.45, 7) is 10.8. The van der Waals surface area contributed by atoms with Crippen LogP contribution in [-0.2, 0) is 16.0 Å². The zero-order valence-electron chi connectivity index (χ0n) is 14.0. The molecule has 0 bridgehead atoms. The monoisotopic (exact) mass is 308 g/mol. The van der Waals surface area contributed by atoms with Gasteiger partial charge in [-0.1, -0.05) is 5.16 Å². The van der Waals surface area contributed by atoms with E-state index in [0.29, 0.717) is 6.10 Å². The maximum absolute atomic E-state index is 6.08. The molecular weight excluding hydrogens is 280 g/mol. The molecule has 3 heterocycles. The summed E-state index contributed by atoms with van der Waals surface area (Å²) in [5.74, 6) is 0.878. The van der Waals surface area contributed by atoms with Crippen LogP contribution in [0.15, 0.2) is 10.6 Å². The van der Waals surface area contributed by atoms with Crippen LogP contribution in [0.1, 0.15) is 44.6 Å². The molecule has 0 unspecified atom stereocenters. The van der Waals surface area contributed by atoms with Crippen LogP contribution in [0.3, 0.4) is 0 Å². The molecule has 3 rings (SSSR count). The summed E-state index contributed by atoms with van der Waals surface area (Å²) in [6, 6.07) is 2.03. The lowest BCUT2D eigenvalue weighted by atomic mass is 9.73. The van der Waals surface area contributed by atoms with Crippen molar-refractivity contribution in [1.29, 1.82) is 0 Å². The van der Waals surface area contributed by atoms with Crippen LogP contribution in [0.2, 0.25) is 0 Å². The molecule has 124 valence electrons. The Morgan fingerprint density at radius 1 is 1.50 bits per heavy atom. The Morgan fingerprint density at radius 2 is 2.36 bits per heavy atom. The molecule has 0 radical (unpaired) electrons. The summed E-state index contributed by atoms with van der Waals surface area (Å²) in [6.07, 6.45) is 4.02. The van der Waals surface area contributed by atoms with E-state index in [1.807, 2.05) is 13.0 Å². The number of rotatable bonds is 5. The molecule has 0 saturated carbocycles. The van der Waals surface area contributed by atoms with Gasteiger partial charge in [0.1, 0.15) is 5.76 Å². The van der Waals surface area contributed by atoms with Gasteiger partial charge in [-0.25, -0.2) is 0 Å². The van der Waals surface area contributed by atoms with Gasteiger partial charge >= 0.3 is 0 Å². The molecule has 0 aliphatic carbocycles. The third-order valence-corrected chi connectivity index (χ3v) is 4.83. The van der Waals surface area contributed by atoms with Gasteiger partial charge in [-0.15, -0.1) is 0 Å². The highest BCUT2D eigenvalue weighted by Crippen LogP contribution is 2.41. The molecule has 0 aromatic carbocycles. The van der Waals surface area contributed by atoms with Crippen molar-refractivity contribution in [3.8, 4) is 0 Å². The fourth-order valence-electron chi connectivity index (χ4n) is 3.78. The zero-order valence-corrected chi connectivity index (χ0v) is 14.0. The predicted octanol–water partition coefficient (Wildman–Crippen LogP) is 2.78. The predicted molar refractivity (Wildman–Crippen MR) is 83.6 cm³/mol. The Morgan fingerprint density at radius 3 is 3.09 bits per heavy atom. The average Bonchev–Trinajstić information content (AvgIpc) is 2.90. The molecule has 2 saturated heterocycles. The Kier molecular flexibility index (Phi) is 4.85. The first-order chi connectivity index (χ1) is 10.6. The number of nitrogens with zero attached hydrogens (tertiary/aromatic N) is 2. The van der Waals surface area contributed by atoms with E-state index in [1.165, 1.54) is 6.42 Å². The van der Waals surface area contributed by atoms with Gasteiger partial charge in [-0.05, 0) is 40.0 Å². The SMILES string of the molecule is Cc1cc(CN2CC[C@H]3OCCC[C@]3(COC(C)C)C2)no1. The number of aromatic nitrogens is 1. The van der Waals surface area contributed by atoms with E-state index in [-0.39, 0.29) is 11.5 Å². The second-order valence-corrected chi connectivity index (χ2v) is 7.11. The van der Waals surface area contributed by atoms with Crippen molar-refractivity contribution in [3.63, 3.8) is 0 Å².